The third-order valence-corrected chi connectivity index (χ3v) is 4.54. The largest absolute Gasteiger partial charge is 0.322 e. The summed E-state index contributed by atoms with van der Waals surface area (Å²) in [6, 6.07) is 14.9. The maximum absolute atomic E-state index is 12.1. The molecule has 0 aliphatic carbocycles. The number of pyridine rings is 2. The van der Waals surface area contributed by atoms with E-state index in [1.54, 1.807) is 30.1 Å². The number of thioether (sulfide) groups is 1. The van der Waals surface area contributed by atoms with Crippen molar-refractivity contribution in [3.8, 4) is 0 Å². The van der Waals surface area contributed by atoms with Crippen molar-refractivity contribution in [2.24, 2.45) is 0 Å². The minimum Gasteiger partial charge on any atom is -0.322 e. The molecule has 3 rings (SSSR count). The minimum atomic E-state index is -0.213. The molecule has 0 aliphatic rings. The molecule has 1 aromatic carbocycles. The molecule has 120 valence electrons. The fourth-order valence-electron chi connectivity index (χ4n) is 2.00. The molecule has 0 radical (unpaired) electrons. The molecular formula is C18H14ClN3OS. The van der Waals surface area contributed by atoms with Crippen LogP contribution < -0.4 is 5.32 Å². The van der Waals surface area contributed by atoms with Crippen LogP contribution in [0.2, 0.25) is 5.15 Å². The Balaban J connectivity index is 1.58. The second kappa shape index (κ2) is 7.95. The van der Waals surface area contributed by atoms with E-state index in [2.05, 4.69) is 21.4 Å². The topological polar surface area (TPSA) is 54.9 Å². The smallest absolute Gasteiger partial charge is 0.257 e. The van der Waals surface area contributed by atoms with Crippen molar-refractivity contribution < 1.29 is 4.79 Å². The summed E-state index contributed by atoms with van der Waals surface area (Å²) in [6.45, 7) is 0. The predicted molar refractivity (Wildman–Crippen MR) is 97.4 cm³/mol. The van der Waals surface area contributed by atoms with Crippen LogP contribution in [0.4, 0.5) is 5.69 Å². The quantitative estimate of drug-likeness (QED) is 0.533. The van der Waals surface area contributed by atoms with E-state index in [9.17, 15) is 4.79 Å². The number of carbonyl (C=O) groups is 1. The van der Waals surface area contributed by atoms with Gasteiger partial charge in [0.05, 0.1) is 5.56 Å². The van der Waals surface area contributed by atoms with Crippen LogP contribution in [-0.2, 0) is 5.75 Å². The maximum atomic E-state index is 12.1. The highest BCUT2D eigenvalue weighted by Crippen LogP contribution is 2.24. The first kappa shape index (κ1) is 16.5. The Morgan fingerprint density at radius 3 is 2.58 bits per heavy atom. The lowest BCUT2D eigenvalue weighted by Crippen LogP contribution is -2.11. The van der Waals surface area contributed by atoms with Crippen LogP contribution in [0.1, 0.15) is 15.9 Å². The first-order chi connectivity index (χ1) is 11.7. The van der Waals surface area contributed by atoms with Gasteiger partial charge in [0, 0.05) is 34.9 Å². The van der Waals surface area contributed by atoms with E-state index in [4.69, 9.17) is 11.6 Å². The average Bonchev–Trinajstić information content (AvgIpc) is 2.62. The molecule has 6 heteroatoms. The monoisotopic (exact) mass is 355 g/mol. The SMILES string of the molecule is O=C(Nc1ccc(SCc2cccnc2)cc1)c1ccc(Cl)nc1. The number of aromatic nitrogens is 2. The Labute approximate surface area is 149 Å². The summed E-state index contributed by atoms with van der Waals surface area (Å²) in [5.74, 6) is 0.644. The standard InChI is InChI=1S/C18H14ClN3OS/c19-17-8-3-14(11-21-17)18(23)22-15-4-6-16(7-5-15)24-12-13-2-1-9-20-10-13/h1-11H,12H2,(H,22,23). The number of carbonyl (C=O) groups excluding carboxylic acids is 1. The molecule has 3 aromatic rings. The highest BCUT2D eigenvalue weighted by Gasteiger charge is 2.06. The molecule has 0 bridgehead atoms. The zero-order valence-corrected chi connectivity index (χ0v) is 14.2. The molecule has 4 nitrogen and oxygen atoms in total. The van der Waals surface area contributed by atoms with E-state index in [1.165, 1.54) is 11.8 Å². The molecule has 0 spiro atoms. The lowest BCUT2D eigenvalue weighted by Gasteiger charge is -2.07. The van der Waals surface area contributed by atoms with Crippen LogP contribution in [0.5, 0.6) is 0 Å². The third kappa shape index (κ3) is 4.57. The molecule has 1 N–H and O–H groups in total. The van der Waals surface area contributed by atoms with Gasteiger partial charge in [0.2, 0.25) is 0 Å². The first-order valence-electron chi connectivity index (χ1n) is 7.25. The number of amides is 1. The van der Waals surface area contributed by atoms with Gasteiger partial charge in [-0.05, 0) is 48.0 Å². The highest BCUT2D eigenvalue weighted by molar-refractivity contribution is 7.98. The van der Waals surface area contributed by atoms with Crippen molar-refractivity contribution in [1.82, 2.24) is 9.97 Å². The van der Waals surface area contributed by atoms with Gasteiger partial charge in [-0.25, -0.2) is 4.98 Å². The van der Waals surface area contributed by atoms with Gasteiger partial charge < -0.3 is 5.32 Å². The number of benzene rings is 1. The van der Waals surface area contributed by atoms with Crippen molar-refractivity contribution in [1.29, 1.82) is 0 Å². The Morgan fingerprint density at radius 1 is 1.08 bits per heavy atom. The molecule has 2 aromatic heterocycles. The summed E-state index contributed by atoms with van der Waals surface area (Å²) in [7, 11) is 0. The lowest BCUT2D eigenvalue weighted by atomic mass is 10.2. The van der Waals surface area contributed by atoms with Crippen LogP contribution in [0.25, 0.3) is 0 Å². The summed E-state index contributed by atoms with van der Waals surface area (Å²) in [4.78, 5) is 21.3. The number of hydrogen-bond donors (Lipinski definition) is 1. The van der Waals surface area contributed by atoms with Crippen LogP contribution >= 0.6 is 23.4 Å². The van der Waals surface area contributed by atoms with Gasteiger partial charge in [0.1, 0.15) is 5.15 Å². The van der Waals surface area contributed by atoms with Gasteiger partial charge in [0.15, 0.2) is 0 Å². The number of nitrogens with zero attached hydrogens (tertiary/aromatic N) is 2. The maximum Gasteiger partial charge on any atom is 0.257 e. The summed E-state index contributed by atoms with van der Waals surface area (Å²) in [6.07, 6.45) is 5.08. The van der Waals surface area contributed by atoms with Gasteiger partial charge in [0.25, 0.3) is 5.91 Å². The van der Waals surface area contributed by atoms with Gasteiger partial charge in [-0.1, -0.05) is 17.7 Å². The molecule has 0 fully saturated rings. The molecule has 24 heavy (non-hydrogen) atoms. The highest BCUT2D eigenvalue weighted by atomic mass is 35.5. The van der Waals surface area contributed by atoms with Crippen molar-refractivity contribution in [3.63, 3.8) is 0 Å². The molecule has 0 unspecified atom stereocenters. The summed E-state index contributed by atoms with van der Waals surface area (Å²) >= 11 is 7.44. The van der Waals surface area contributed by atoms with Gasteiger partial charge in [-0.3, -0.25) is 9.78 Å². The van der Waals surface area contributed by atoms with E-state index in [0.29, 0.717) is 10.7 Å². The van der Waals surface area contributed by atoms with E-state index >= 15 is 0 Å². The number of hydrogen-bond acceptors (Lipinski definition) is 4. The van der Waals surface area contributed by atoms with E-state index in [1.807, 2.05) is 36.5 Å². The Hall–Kier alpha value is -2.37. The Kier molecular flexibility index (Phi) is 5.46. The third-order valence-electron chi connectivity index (χ3n) is 3.23. The molecule has 0 atom stereocenters. The fraction of sp³-hybridized carbons (Fsp3) is 0.0556. The average molecular weight is 356 g/mol. The van der Waals surface area contributed by atoms with E-state index < -0.39 is 0 Å². The van der Waals surface area contributed by atoms with E-state index in [0.717, 1.165) is 16.3 Å². The van der Waals surface area contributed by atoms with Crippen molar-refractivity contribution >= 4 is 35.0 Å². The normalized spacial score (nSPS) is 10.4. The van der Waals surface area contributed by atoms with Gasteiger partial charge in [-0.2, -0.15) is 0 Å². The number of nitrogens with one attached hydrogen (secondary N) is 1. The first-order valence-corrected chi connectivity index (χ1v) is 8.62. The van der Waals surface area contributed by atoms with Crippen LogP contribution in [0.3, 0.4) is 0 Å². The van der Waals surface area contributed by atoms with Crippen molar-refractivity contribution in [3.05, 3.63) is 83.4 Å². The molecular weight excluding hydrogens is 342 g/mol. The molecule has 0 aliphatic heterocycles. The van der Waals surface area contributed by atoms with Crippen LogP contribution in [-0.4, -0.2) is 15.9 Å². The molecule has 0 saturated carbocycles. The molecule has 0 saturated heterocycles. The second-order valence-corrected chi connectivity index (χ2v) is 6.43. The van der Waals surface area contributed by atoms with Crippen LogP contribution in [0.15, 0.2) is 72.0 Å². The lowest BCUT2D eigenvalue weighted by molar-refractivity contribution is 0.102. The molecule has 1 amide bonds. The minimum absolute atomic E-state index is 0.213. The fourth-order valence-corrected chi connectivity index (χ4v) is 2.94. The van der Waals surface area contributed by atoms with E-state index in [-0.39, 0.29) is 5.91 Å². The Morgan fingerprint density at radius 2 is 1.92 bits per heavy atom. The van der Waals surface area contributed by atoms with Gasteiger partial charge in [-0.15, -0.1) is 11.8 Å². The number of halogens is 1. The van der Waals surface area contributed by atoms with Crippen molar-refractivity contribution in [2.75, 3.05) is 5.32 Å². The number of anilines is 1. The molecule has 2 heterocycles. The van der Waals surface area contributed by atoms with Crippen molar-refractivity contribution in [2.45, 2.75) is 10.6 Å². The zero-order chi connectivity index (χ0) is 16.8. The summed E-state index contributed by atoms with van der Waals surface area (Å²) in [5, 5.41) is 3.20. The Bertz CT molecular complexity index is 808. The zero-order valence-electron chi connectivity index (χ0n) is 12.6. The summed E-state index contributed by atoms with van der Waals surface area (Å²) < 4.78 is 0. The predicted octanol–water partition coefficient (Wildman–Crippen LogP) is 4.67. The summed E-state index contributed by atoms with van der Waals surface area (Å²) in [5.41, 5.74) is 2.38. The number of rotatable bonds is 5. The van der Waals surface area contributed by atoms with Crippen LogP contribution in [0, 0.1) is 0 Å². The second-order valence-electron chi connectivity index (χ2n) is 5.00. The van der Waals surface area contributed by atoms with Gasteiger partial charge >= 0.3 is 0 Å².